The first kappa shape index (κ1) is 12.6. The van der Waals surface area contributed by atoms with E-state index in [4.69, 9.17) is 4.98 Å². The van der Waals surface area contributed by atoms with Crippen molar-refractivity contribution in [1.29, 1.82) is 0 Å². The standard InChI is InChI=1S/C20H14N2O/c23-20-17-11-14-6-1-2-7-15(14)12-18(17)21-19-16-8-4-3-5-13(16)9-10-22(19)20/h1-8,11-12H,9-10H2. The molecule has 23 heavy (non-hydrogen) atoms. The fourth-order valence-corrected chi connectivity index (χ4v) is 3.51. The second-order valence-corrected chi connectivity index (χ2v) is 6.02. The summed E-state index contributed by atoms with van der Waals surface area (Å²) >= 11 is 0. The third-order valence-electron chi connectivity index (χ3n) is 4.68. The van der Waals surface area contributed by atoms with E-state index in [1.807, 2.05) is 47.0 Å². The molecule has 3 aromatic carbocycles. The molecule has 0 N–H and O–H groups in total. The number of aryl methyl sites for hydroxylation is 1. The molecule has 0 spiro atoms. The minimum absolute atomic E-state index is 0.0604. The van der Waals surface area contributed by atoms with E-state index in [9.17, 15) is 4.79 Å². The maximum atomic E-state index is 12.9. The lowest BCUT2D eigenvalue weighted by atomic mass is 9.99. The summed E-state index contributed by atoms with van der Waals surface area (Å²) in [5.41, 5.74) is 3.17. The van der Waals surface area contributed by atoms with E-state index in [0.29, 0.717) is 11.9 Å². The summed E-state index contributed by atoms with van der Waals surface area (Å²) < 4.78 is 1.82. The van der Waals surface area contributed by atoms with Gasteiger partial charge in [-0.2, -0.15) is 0 Å². The first-order valence-electron chi connectivity index (χ1n) is 7.83. The highest BCUT2D eigenvalue weighted by atomic mass is 16.1. The number of benzene rings is 3. The molecule has 0 atom stereocenters. The molecule has 5 rings (SSSR count). The van der Waals surface area contributed by atoms with Gasteiger partial charge in [0.2, 0.25) is 0 Å². The highest BCUT2D eigenvalue weighted by Gasteiger charge is 2.19. The van der Waals surface area contributed by atoms with Crippen molar-refractivity contribution in [2.75, 3.05) is 0 Å². The van der Waals surface area contributed by atoms with Crippen molar-refractivity contribution in [3.05, 3.63) is 76.6 Å². The van der Waals surface area contributed by atoms with E-state index >= 15 is 0 Å². The SMILES string of the molecule is O=c1c2cc3ccccc3cc2nc2n1CCc1ccccc1-2. The molecule has 0 radical (unpaired) electrons. The first-order chi connectivity index (χ1) is 11.3. The van der Waals surface area contributed by atoms with Gasteiger partial charge in [-0.3, -0.25) is 9.36 Å². The Morgan fingerprint density at radius 1 is 0.913 bits per heavy atom. The quantitative estimate of drug-likeness (QED) is 0.463. The molecule has 1 aliphatic rings. The zero-order valence-corrected chi connectivity index (χ0v) is 12.5. The van der Waals surface area contributed by atoms with Crippen LogP contribution in [0, 0.1) is 0 Å². The normalized spacial score (nSPS) is 13.0. The van der Waals surface area contributed by atoms with Gasteiger partial charge in [-0.25, -0.2) is 4.98 Å². The summed E-state index contributed by atoms with van der Waals surface area (Å²) in [6.07, 6.45) is 0.879. The Morgan fingerprint density at radius 3 is 2.52 bits per heavy atom. The van der Waals surface area contributed by atoms with E-state index < -0.39 is 0 Å². The van der Waals surface area contributed by atoms with Crippen LogP contribution in [0.25, 0.3) is 33.1 Å². The monoisotopic (exact) mass is 298 g/mol. The van der Waals surface area contributed by atoms with Gasteiger partial charge in [0, 0.05) is 12.1 Å². The summed E-state index contributed by atoms with van der Waals surface area (Å²) in [7, 11) is 0. The number of rotatable bonds is 0. The van der Waals surface area contributed by atoms with Gasteiger partial charge < -0.3 is 0 Å². The minimum Gasteiger partial charge on any atom is -0.292 e. The number of nitrogens with zero attached hydrogens (tertiary/aromatic N) is 2. The van der Waals surface area contributed by atoms with E-state index in [1.165, 1.54) is 5.56 Å². The van der Waals surface area contributed by atoms with Crippen molar-refractivity contribution in [1.82, 2.24) is 9.55 Å². The summed E-state index contributed by atoms with van der Waals surface area (Å²) in [4.78, 5) is 17.8. The molecule has 1 aromatic heterocycles. The van der Waals surface area contributed by atoms with Gasteiger partial charge in [-0.05, 0) is 34.9 Å². The van der Waals surface area contributed by atoms with Crippen LogP contribution in [0.15, 0.2) is 65.5 Å². The van der Waals surface area contributed by atoms with Crippen LogP contribution in [0.1, 0.15) is 5.56 Å². The summed E-state index contributed by atoms with van der Waals surface area (Å²) in [6, 6.07) is 20.3. The molecule has 0 amide bonds. The Kier molecular flexibility index (Phi) is 2.48. The van der Waals surface area contributed by atoms with Crippen molar-refractivity contribution in [2.45, 2.75) is 13.0 Å². The van der Waals surface area contributed by atoms with Crippen LogP contribution in [-0.4, -0.2) is 9.55 Å². The maximum absolute atomic E-state index is 12.9. The van der Waals surface area contributed by atoms with E-state index in [2.05, 4.69) is 18.2 Å². The van der Waals surface area contributed by atoms with Crippen molar-refractivity contribution in [3.8, 4) is 11.4 Å². The fraction of sp³-hybridized carbons (Fsp3) is 0.100. The molecule has 3 heteroatoms. The topological polar surface area (TPSA) is 34.9 Å². The van der Waals surface area contributed by atoms with Gasteiger partial charge in [0.1, 0.15) is 5.82 Å². The molecule has 1 aliphatic heterocycles. The Balaban J connectivity index is 1.92. The molecule has 0 saturated carbocycles. The minimum atomic E-state index is 0.0604. The molecule has 3 nitrogen and oxygen atoms in total. The molecule has 0 aliphatic carbocycles. The van der Waals surface area contributed by atoms with Crippen molar-refractivity contribution >= 4 is 21.7 Å². The van der Waals surface area contributed by atoms with E-state index in [-0.39, 0.29) is 5.56 Å². The van der Waals surface area contributed by atoms with E-state index in [1.54, 1.807) is 0 Å². The van der Waals surface area contributed by atoms with Crippen molar-refractivity contribution < 1.29 is 0 Å². The maximum Gasteiger partial charge on any atom is 0.261 e. The van der Waals surface area contributed by atoms with Crippen LogP contribution in [0.3, 0.4) is 0 Å². The van der Waals surface area contributed by atoms with Gasteiger partial charge in [0.05, 0.1) is 10.9 Å². The second-order valence-electron chi connectivity index (χ2n) is 6.02. The molecule has 2 heterocycles. The summed E-state index contributed by atoms with van der Waals surface area (Å²) in [6.45, 7) is 0.695. The lowest BCUT2D eigenvalue weighted by Gasteiger charge is -2.21. The predicted octanol–water partition coefficient (Wildman–Crippen LogP) is 3.77. The van der Waals surface area contributed by atoms with Gasteiger partial charge in [0.25, 0.3) is 5.56 Å². The summed E-state index contributed by atoms with van der Waals surface area (Å²) in [5.74, 6) is 0.791. The first-order valence-corrected chi connectivity index (χ1v) is 7.83. The van der Waals surface area contributed by atoms with Crippen LogP contribution in [0.2, 0.25) is 0 Å². The highest BCUT2D eigenvalue weighted by molar-refractivity contribution is 5.96. The highest BCUT2D eigenvalue weighted by Crippen LogP contribution is 2.28. The third-order valence-corrected chi connectivity index (χ3v) is 4.68. The van der Waals surface area contributed by atoms with E-state index in [0.717, 1.165) is 34.1 Å². The van der Waals surface area contributed by atoms with Crippen molar-refractivity contribution in [2.24, 2.45) is 0 Å². The molecular weight excluding hydrogens is 284 g/mol. The lowest BCUT2D eigenvalue weighted by molar-refractivity contribution is 0.652. The third kappa shape index (κ3) is 1.77. The lowest BCUT2D eigenvalue weighted by Crippen LogP contribution is -2.27. The van der Waals surface area contributed by atoms with Gasteiger partial charge in [0.15, 0.2) is 0 Å². The second kappa shape index (κ2) is 4.53. The molecule has 110 valence electrons. The number of fused-ring (bicyclic) bond motifs is 5. The van der Waals surface area contributed by atoms with Crippen LogP contribution in [0.4, 0.5) is 0 Å². The molecule has 0 fully saturated rings. The number of hydrogen-bond donors (Lipinski definition) is 0. The Morgan fingerprint density at radius 2 is 1.65 bits per heavy atom. The smallest absolute Gasteiger partial charge is 0.261 e. The van der Waals surface area contributed by atoms with Gasteiger partial charge >= 0.3 is 0 Å². The number of hydrogen-bond acceptors (Lipinski definition) is 2. The van der Waals surface area contributed by atoms with Crippen molar-refractivity contribution in [3.63, 3.8) is 0 Å². The average Bonchev–Trinajstić information content (AvgIpc) is 2.60. The Bertz CT molecular complexity index is 1140. The molecule has 0 unspecified atom stereocenters. The zero-order valence-electron chi connectivity index (χ0n) is 12.5. The Labute approximate surface area is 132 Å². The summed E-state index contributed by atoms with van der Waals surface area (Å²) in [5, 5.41) is 2.89. The largest absolute Gasteiger partial charge is 0.292 e. The van der Waals surface area contributed by atoms with Crippen LogP contribution in [0.5, 0.6) is 0 Å². The van der Waals surface area contributed by atoms with Crippen LogP contribution in [-0.2, 0) is 13.0 Å². The number of aromatic nitrogens is 2. The molecule has 4 aromatic rings. The van der Waals surface area contributed by atoms with Crippen LogP contribution < -0.4 is 5.56 Å². The average molecular weight is 298 g/mol. The fourth-order valence-electron chi connectivity index (χ4n) is 3.51. The predicted molar refractivity (Wildman–Crippen MR) is 92.6 cm³/mol. The van der Waals surface area contributed by atoms with Crippen LogP contribution >= 0.6 is 0 Å². The zero-order chi connectivity index (χ0) is 15.4. The van der Waals surface area contributed by atoms with Gasteiger partial charge in [-0.1, -0.05) is 48.5 Å². The molecular formula is C20H14N2O. The Hall–Kier alpha value is -2.94. The van der Waals surface area contributed by atoms with Gasteiger partial charge in [-0.15, -0.1) is 0 Å². The molecule has 0 bridgehead atoms. The molecule has 0 saturated heterocycles.